The van der Waals surface area contributed by atoms with Crippen LogP contribution in [0.3, 0.4) is 0 Å². The average molecular weight is 291 g/mol. The third-order valence-corrected chi connectivity index (χ3v) is 6.44. The Balaban J connectivity index is 1.61. The van der Waals surface area contributed by atoms with Crippen molar-refractivity contribution in [3.8, 4) is 0 Å². The molecular weight excluding hydrogens is 252 g/mol. The fourth-order valence-electron chi connectivity index (χ4n) is 4.94. The van der Waals surface area contributed by atoms with Gasteiger partial charge in [0.15, 0.2) is 0 Å². The first-order chi connectivity index (χ1) is 10.3. The molecule has 0 aromatic rings. The lowest BCUT2D eigenvalue weighted by molar-refractivity contribution is 0.140. The van der Waals surface area contributed by atoms with Gasteiger partial charge in [-0.2, -0.15) is 0 Å². The third-order valence-electron chi connectivity index (χ3n) is 6.44. The summed E-state index contributed by atoms with van der Waals surface area (Å²) >= 11 is 0. The molecule has 21 heavy (non-hydrogen) atoms. The Morgan fingerprint density at radius 1 is 0.762 bits per heavy atom. The average Bonchev–Trinajstić information content (AvgIpc) is 2.54. The zero-order valence-corrected chi connectivity index (χ0v) is 14.5. The van der Waals surface area contributed by atoms with Crippen LogP contribution in [-0.2, 0) is 0 Å². The third kappa shape index (κ3) is 5.80. The Morgan fingerprint density at radius 3 is 1.67 bits per heavy atom. The Bertz CT molecular complexity index is 264. The molecule has 0 saturated heterocycles. The minimum Gasteiger partial charge on any atom is -0.103 e. The molecule has 2 rings (SSSR count). The maximum absolute atomic E-state index is 3.84. The lowest BCUT2D eigenvalue weighted by Crippen LogP contribution is -2.25. The molecule has 2 aliphatic carbocycles. The zero-order chi connectivity index (χ0) is 14.9. The summed E-state index contributed by atoms with van der Waals surface area (Å²) in [6.07, 6.45) is 22.9. The van der Waals surface area contributed by atoms with E-state index in [0.29, 0.717) is 0 Å². The van der Waals surface area contributed by atoms with Gasteiger partial charge >= 0.3 is 0 Å². The van der Waals surface area contributed by atoms with E-state index in [-0.39, 0.29) is 0 Å². The van der Waals surface area contributed by atoms with E-state index in [9.17, 15) is 0 Å². The van der Waals surface area contributed by atoms with Gasteiger partial charge in [0.1, 0.15) is 0 Å². The molecule has 0 heteroatoms. The Hall–Kier alpha value is -0.260. The molecule has 0 aromatic carbocycles. The standard InChI is InChI=1S/C21H38/c1-3-5-7-9-19-12-16-21(17-13-19)20-14-10-18(11-15-20)8-6-4-2/h3,18-21H,1,4-17H2,2H3. The summed E-state index contributed by atoms with van der Waals surface area (Å²) < 4.78 is 0. The molecule has 0 nitrogen and oxygen atoms in total. The largest absolute Gasteiger partial charge is 0.103 e. The highest BCUT2D eigenvalue weighted by Gasteiger charge is 2.30. The van der Waals surface area contributed by atoms with E-state index in [0.717, 1.165) is 23.7 Å². The van der Waals surface area contributed by atoms with Crippen molar-refractivity contribution in [3.63, 3.8) is 0 Å². The first-order valence-electron chi connectivity index (χ1n) is 9.94. The molecule has 2 aliphatic rings. The number of allylic oxidation sites excluding steroid dienone is 1. The van der Waals surface area contributed by atoms with Gasteiger partial charge in [-0.25, -0.2) is 0 Å². The highest BCUT2D eigenvalue weighted by Crippen LogP contribution is 2.43. The van der Waals surface area contributed by atoms with Gasteiger partial charge in [0.05, 0.1) is 0 Å². The summed E-state index contributed by atoms with van der Waals surface area (Å²) in [5.41, 5.74) is 0. The second-order valence-corrected chi connectivity index (χ2v) is 7.92. The van der Waals surface area contributed by atoms with Crippen LogP contribution in [0, 0.1) is 23.7 Å². The molecule has 0 aliphatic heterocycles. The molecule has 0 radical (unpaired) electrons. The van der Waals surface area contributed by atoms with Crippen LogP contribution in [0.4, 0.5) is 0 Å². The molecule has 0 bridgehead atoms. The fourth-order valence-corrected chi connectivity index (χ4v) is 4.94. The molecule has 0 spiro atoms. The van der Waals surface area contributed by atoms with Crippen molar-refractivity contribution in [2.45, 2.75) is 96.8 Å². The predicted molar refractivity (Wildman–Crippen MR) is 94.5 cm³/mol. The van der Waals surface area contributed by atoms with Crippen LogP contribution in [0.15, 0.2) is 12.7 Å². The van der Waals surface area contributed by atoms with E-state index in [2.05, 4.69) is 19.6 Å². The van der Waals surface area contributed by atoms with Gasteiger partial charge in [0.2, 0.25) is 0 Å². The van der Waals surface area contributed by atoms with Crippen LogP contribution in [-0.4, -0.2) is 0 Å². The van der Waals surface area contributed by atoms with Crippen LogP contribution in [0.25, 0.3) is 0 Å². The van der Waals surface area contributed by atoms with Gasteiger partial charge in [0.25, 0.3) is 0 Å². The maximum Gasteiger partial charge on any atom is -0.0353 e. The van der Waals surface area contributed by atoms with Gasteiger partial charge in [-0.1, -0.05) is 64.4 Å². The summed E-state index contributed by atoms with van der Waals surface area (Å²) in [5.74, 6) is 4.31. The van der Waals surface area contributed by atoms with E-state index in [1.54, 1.807) is 38.5 Å². The lowest BCUT2D eigenvalue weighted by atomic mass is 9.68. The van der Waals surface area contributed by atoms with E-state index in [1.165, 1.54) is 51.4 Å². The first kappa shape index (κ1) is 17.1. The minimum atomic E-state index is 1.04. The van der Waals surface area contributed by atoms with Crippen molar-refractivity contribution in [2.75, 3.05) is 0 Å². The quantitative estimate of drug-likeness (QED) is 0.329. The number of rotatable bonds is 8. The van der Waals surface area contributed by atoms with Gasteiger partial charge < -0.3 is 0 Å². The highest BCUT2D eigenvalue weighted by molar-refractivity contribution is 4.82. The smallest absolute Gasteiger partial charge is 0.0353 e. The van der Waals surface area contributed by atoms with Crippen LogP contribution in [0.5, 0.6) is 0 Å². The molecule has 122 valence electrons. The van der Waals surface area contributed by atoms with E-state index >= 15 is 0 Å². The summed E-state index contributed by atoms with van der Waals surface area (Å²) in [5, 5.41) is 0. The summed E-state index contributed by atoms with van der Waals surface area (Å²) in [7, 11) is 0. The van der Waals surface area contributed by atoms with Gasteiger partial charge in [0, 0.05) is 0 Å². The van der Waals surface area contributed by atoms with Crippen molar-refractivity contribution in [2.24, 2.45) is 23.7 Å². The fraction of sp³-hybridized carbons (Fsp3) is 0.905. The molecular formula is C21H38. The summed E-state index contributed by atoms with van der Waals surface area (Å²) in [4.78, 5) is 0. The zero-order valence-electron chi connectivity index (χ0n) is 14.5. The van der Waals surface area contributed by atoms with E-state index in [1.807, 2.05) is 0 Å². The molecule has 0 atom stereocenters. The topological polar surface area (TPSA) is 0 Å². The molecule has 2 fully saturated rings. The molecule has 0 heterocycles. The molecule has 0 amide bonds. The van der Waals surface area contributed by atoms with Gasteiger partial charge in [-0.3, -0.25) is 0 Å². The second-order valence-electron chi connectivity index (χ2n) is 7.92. The lowest BCUT2D eigenvalue weighted by Gasteiger charge is -2.38. The van der Waals surface area contributed by atoms with Crippen molar-refractivity contribution in [1.29, 1.82) is 0 Å². The van der Waals surface area contributed by atoms with Crippen LogP contribution < -0.4 is 0 Å². The second kappa shape index (κ2) is 9.70. The van der Waals surface area contributed by atoms with Crippen LogP contribution in [0.2, 0.25) is 0 Å². The van der Waals surface area contributed by atoms with E-state index < -0.39 is 0 Å². The SMILES string of the molecule is C=CCCCC1CCC(C2CCC(CCCC)CC2)CC1. The molecule has 0 N–H and O–H groups in total. The Kier molecular flexibility index (Phi) is 7.89. The molecule has 0 aromatic heterocycles. The van der Waals surface area contributed by atoms with Crippen molar-refractivity contribution >= 4 is 0 Å². The summed E-state index contributed by atoms with van der Waals surface area (Å²) in [6, 6.07) is 0. The van der Waals surface area contributed by atoms with Crippen LogP contribution in [0.1, 0.15) is 96.8 Å². The monoisotopic (exact) mass is 290 g/mol. The number of unbranched alkanes of at least 4 members (excludes halogenated alkanes) is 2. The Labute approximate surface area is 133 Å². The molecule has 0 unspecified atom stereocenters. The first-order valence-corrected chi connectivity index (χ1v) is 9.94. The summed E-state index contributed by atoms with van der Waals surface area (Å²) in [6.45, 7) is 6.17. The minimum absolute atomic E-state index is 1.04. The highest BCUT2D eigenvalue weighted by atomic mass is 14.4. The van der Waals surface area contributed by atoms with E-state index in [4.69, 9.17) is 0 Å². The molecule has 2 saturated carbocycles. The normalized spacial score (nSPS) is 33.8. The van der Waals surface area contributed by atoms with Crippen molar-refractivity contribution < 1.29 is 0 Å². The van der Waals surface area contributed by atoms with Crippen molar-refractivity contribution in [1.82, 2.24) is 0 Å². The predicted octanol–water partition coefficient (Wildman–Crippen LogP) is 7.15. The Morgan fingerprint density at radius 2 is 1.24 bits per heavy atom. The van der Waals surface area contributed by atoms with Crippen LogP contribution >= 0.6 is 0 Å². The number of hydrogen-bond donors (Lipinski definition) is 0. The number of hydrogen-bond acceptors (Lipinski definition) is 0. The maximum atomic E-state index is 3.84. The van der Waals surface area contributed by atoms with Gasteiger partial charge in [-0.15, -0.1) is 6.58 Å². The van der Waals surface area contributed by atoms with Gasteiger partial charge in [-0.05, 0) is 62.2 Å². The van der Waals surface area contributed by atoms with Crippen molar-refractivity contribution in [3.05, 3.63) is 12.7 Å².